The van der Waals surface area contributed by atoms with Crippen LogP contribution in [-0.4, -0.2) is 54.8 Å². The summed E-state index contributed by atoms with van der Waals surface area (Å²) in [6, 6.07) is 13.5. The zero-order valence-electron chi connectivity index (χ0n) is 24.3. The maximum atomic E-state index is 14.0. The van der Waals surface area contributed by atoms with E-state index in [1.807, 2.05) is 6.07 Å². The average Bonchev–Trinajstić information content (AvgIpc) is 2.99. The van der Waals surface area contributed by atoms with E-state index in [1.54, 1.807) is 42.5 Å². The summed E-state index contributed by atoms with van der Waals surface area (Å²) in [5.41, 5.74) is 0.0491. The molecule has 0 unspecified atom stereocenters. The quantitative estimate of drug-likeness (QED) is 0.308. The largest absolute Gasteiger partial charge is 0.504 e. The first-order chi connectivity index (χ1) is 20.7. The van der Waals surface area contributed by atoms with Crippen molar-refractivity contribution in [2.75, 3.05) is 18.4 Å². The molecule has 43 heavy (non-hydrogen) atoms. The van der Waals surface area contributed by atoms with Crippen molar-refractivity contribution >= 4 is 29.0 Å². The maximum Gasteiger partial charge on any atom is 0.278 e. The van der Waals surface area contributed by atoms with Gasteiger partial charge >= 0.3 is 0 Å². The van der Waals surface area contributed by atoms with Gasteiger partial charge in [-0.2, -0.15) is 0 Å². The second kappa shape index (κ2) is 14.2. The first-order valence-corrected chi connectivity index (χ1v) is 14.3. The van der Waals surface area contributed by atoms with Crippen LogP contribution in [0, 0.1) is 0 Å². The van der Waals surface area contributed by atoms with E-state index in [1.165, 1.54) is 39.4 Å². The van der Waals surface area contributed by atoms with Crippen LogP contribution in [0.3, 0.4) is 0 Å². The van der Waals surface area contributed by atoms with Crippen molar-refractivity contribution in [1.29, 1.82) is 0 Å². The van der Waals surface area contributed by atoms with E-state index in [2.05, 4.69) is 17.2 Å². The van der Waals surface area contributed by atoms with Gasteiger partial charge in [0.05, 0.1) is 18.4 Å². The Balaban J connectivity index is 1.74. The van der Waals surface area contributed by atoms with Crippen molar-refractivity contribution in [3.05, 3.63) is 99.0 Å². The smallest absolute Gasteiger partial charge is 0.278 e. The number of benzene rings is 1. The van der Waals surface area contributed by atoms with Crippen molar-refractivity contribution in [2.24, 2.45) is 0 Å². The highest BCUT2D eigenvalue weighted by molar-refractivity contribution is 6.01. The zero-order valence-corrected chi connectivity index (χ0v) is 24.3. The van der Waals surface area contributed by atoms with Crippen molar-refractivity contribution in [1.82, 2.24) is 19.0 Å². The summed E-state index contributed by atoms with van der Waals surface area (Å²) < 4.78 is 2.54. The Labute approximate surface area is 248 Å². The number of amides is 2. The molecule has 0 spiro atoms. The molecule has 4 rings (SSSR count). The number of allylic oxidation sites excluding steroid dienone is 2. The number of hydrogen-bond acceptors (Lipinski definition) is 7. The second-order valence-corrected chi connectivity index (χ2v) is 10.3. The number of Topliss-reactive ketones (excluding diaryl/α,β-unsaturated/α-hetero) is 1. The Bertz CT molecular complexity index is 1690. The molecule has 11 nitrogen and oxygen atoms in total. The van der Waals surface area contributed by atoms with Crippen LogP contribution >= 0.6 is 0 Å². The first kappa shape index (κ1) is 30.9. The lowest BCUT2D eigenvalue weighted by Crippen LogP contribution is -2.40. The lowest BCUT2D eigenvalue weighted by molar-refractivity contribution is -0.131. The molecule has 2 N–H and O–H groups in total. The summed E-state index contributed by atoms with van der Waals surface area (Å²) in [4.78, 5) is 70.3. The molecule has 11 heteroatoms. The predicted molar refractivity (Wildman–Crippen MR) is 163 cm³/mol. The van der Waals surface area contributed by atoms with Gasteiger partial charge < -0.3 is 15.3 Å². The van der Waals surface area contributed by atoms with Crippen molar-refractivity contribution in [2.45, 2.75) is 52.5 Å². The van der Waals surface area contributed by atoms with E-state index in [9.17, 15) is 29.1 Å². The monoisotopic (exact) mass is 585 g/mol. The Morgan fingerprint density at radius 3 is 2.47 bits per heavy atom. The van der Waals surface area contributed by atoms with Crippen LogP contribution in [0.15, 0.2) is 87.9 Å². The van der Waals surface area contributed by atoms with Crippen LogP contribution in [0.2, 0.25) is 0 Å². The molecule has 0 saturated carbocycles. The number of rotatable bonds is 12. The molecular formula is C32H35N5O6. The minimum atomic E-state index is -0.602. The van der Waals surface area contributed by atoms with Gasteiger partial charge in [0.15, 0.2) is 5.76 Å². The third-order valence-corrected chi connectivity index (χ3v) is 7.09. The molecule has 0 aliphatic heterocycles. The fourth-order valence-electron chi connectivity index (χ4n) is 4.90. The van der Waals surface area contributed by atoms with Gasteiger partial charge in [0.2, 0.25) is 17.6 Å². The Morgan fingerprint density at radius 1 is 1.02 bits per heavy atom. The fraction of sp³-hybridized carbons (Fsp3) is 0.312. The standard InChI is InChI=1S/C32H35N5O6/c1-3-4-5-10-17-35(20-24-26(15-16-27(39)30(24)42)36-18-11-9-14-28(36)40)29(41)21-37-31(23-12-7-6-8-13-23)33-19-25(32(37)43)34-22(2)38/h6-9,11-15,18-19,42H,3-5,10,16-17,20-21H2,1-2H3,(H,34,38). The van der Waals surface area contributed by atoms with Crippen LogP contribution in [0.4, 0.5) is 5.69 Å². The molecule has 2 aromatic heterocycles. The van der Waals surface area contributed by atoms with Crippen LogP contribution in [0.5, 0.6) is 0 Å². The lowest BCUT2D eigenvalue weighted by Gasteiger charge is -2.28. The number of pyridine rings is 1. The van der Waals surface area contributed by atoms with Gasteiger partial charge in [-0.05, 0) is 12.5 Å². The van der Waals surface area contributed by atoms with Gasteiger partial charge in [0.1, 0.15) is 18.1 Å². The van der Waals surface area contributed by atoms with E-state index in [0.29, 0.717) is 17.7 Å². The Hall–Kier alpha value is -5.06. The van der Waals surface area contributed by atoms with E-state index in [-0.39, 0.29) is 42.2 Å². The predicted octanol–water partition coefficient (Wildman–Crippen LogP) is 3.77. The molecule has 0 bridgehead atoms. The van der Waals surface area contributed by atoms with Crippen LogP contribution in [0.25, 0.3) is 17.1 Å². The molecule has 2 amide bonds. The van der Waals surface area contributed by atoms with Crippen molar-refractivity contribution in [3.8, 4) is 11.4 Å². The fourth-order valence-corrected chi connectivity index (χ4v) is 4.90. The van der Waals surface area contributed by atoms with Crippen LogP contribution < -0.4 is 16.4 Å². The van der Waals surface area contributed by atoms with Gasteiger partial charge in [-0.1, -0.05) is 68.7 Å². The van der Waals surface area contributed by atoms with E-state index < -0.39 is 35.5 Å². The highest BCUT2D eigenvalue weighted by Crippen LogP contribution is 2.26. The van der Waals surface area contributed by atoms with E-state index >= 15 is 0 Å². The number of ketones is 1. The first-order valence-electron chi connectivity index (χ1n) is 14.3. The number of carbonyl (C=O) groups is 3. The summed E-state index contributed by atoms with van der Waals surface area (Å²) >= 11 is 0. The highest BCUT2D eigenvalue weighted by atomic mass is 16.3. The van der Waals surface area contributed by atoms with E-state index in [4.69, 9.17) is 0 Å². The van der Waals surface area contributed by atoms with Gasteiger partial charge in [-0.15, -0.1) is 0 Å². The Kier molecular flexibility index (Phi) is 10.2. The number of aliphatic hydroxyl groups is 1. The molecule has 0 atom stereocenters. The molecule has 0 radical (unpaired) electrons. The average molecular weight is 586 g/mol. The Morgan fingerprint density at radius 2 is 1.77 bits per heavy atom. The second-order valence-electron chi connectivity index (χ2n) is 10.3. The topological polar surface area (TPSA) is 144 Å². The van der Waals surface area contributed by atoms with E-state index in [0.717, 1.165) is 19.3 Å². The van der Waals surface area contributed by atoms with Gasteiger partial charge in [-0.25, -0.2) is 4.98 Å². The normalized spacial score (nSPS) is 13.1. The van der Waals surface area contributed by atoms with Gasteiger partial charge in [0.25, 0.3) is 11.1 Å². The highest BCUT2D eigenvalue weighted by Gasteiger charge is 2.28. The molecule has 1 aromatic carbocycles. The number of hydrogen-bond donors (Lipinski definition) is 2. The molecule has 0 fully saturated rings. The maximum absolute atomic E-state index is 14.0. The molecule has 1 aliphatic rings. The SMILES string of the molecule is CCCCCCN(CC1=C(O)C(=O)CC=C1n1ccccc1=O)C(=O)Cn1c(-c2ccccc2)ncc(NC(C)=O)c1=O. The molecule has 3 aromatic rings. The summed E-state index contributed by atoms with van der Waals surface area (Å²) in [6.07, 6.45) is 7.72. The number of aromatic nitrogens is 3. The third-order valence-electron chi connectivity index (χ3n) is 7.09. The third kappa shape index (κ3) is 7.42. The zero-order chi connectivity index (χ0) is 30.9. The van der Waals surface area contributed by atoms with Crippen molar-refractivity contribution in [3.63, 3.8) is 0 Å². The van der Waals surface area contributed by atoms with Gasteiger partial charge in [0, 0.05) is 43.3 Å². The summed E-state index contributed by atoms with van der Waals surface area (Å²) in [6.45, 7) is 3.05. The number of carbonyl (C=O) groups excluding carboxylic acids is 3. The minimum absolute atomic E-state index is 0.0682. The molecule has 224 valence electrons. The lowest BCUT2D eigenvalue weighted by atomic mass is 9.99. The molecule has 0 saturated heterocycles. The minimum Gasteiger partial charge on any atom is -0.504 e. The molecule has 2 heterocycles. The number of aliphatic hydroxyl groups excluding tert-OH is 1. The number of nitrogens with zero attached hydrogens (tertiary/aromatic N) is 4. The van der Waals surface area contributed by atoms with Gasteiger partial charge in [-0.3, -0.25) is 33.1 Å². The van der Waals surface area contributed by atoms with Crippen LogP contribution in [-0.2, 0) is 20.9 Å². The summed E-state index contributed by atoms with van der Waals surface area (Å²) in [5, 5.41) is 13.3. The number of nitrogens with one attached hydrogen (secondary N) is 1. The number of anilines is 1. The van der Waals surface area contributed by atoms with Crippen molar-refractivity contribution < 1.29 is 19.5 Å². The number of unbranched alkanes of at least 4 members (excludes halogenated alkanes) is 3. The summed E-state index contributed by atoms with van der Waals surface area (Å²) in [5.74, 6) is -1.70. The summed E-state index contributed by atoms with van der Waals surface area (Å²) in [7, 11) is 0. The molecule has 1 aliphatic carbocycles. The molecular weight excluding hydrogens is 550 g/mol. The van der Waals surface area contributed by atoms with Crippen LogP contribution in [0.1, 0.15) is 46.0 Å².